The smallest absolute Gasteiger partial charge is 0.329 e. The minimum Gasteiger partial charge on any atom is -0.467 e. The van der Waals surface area contributed by atoms with Crippen molar-refractivity contribution in [3.05, 3.63) is 54.2 Å². The van der Waals surface area contributed by atoms with Gasteiger partial charge in [0.05, 0.1) is 19.0 Å². The Morgan fingerprint density at radius 2 is 2.05 bits per heavy atom. The Kier molecular flexibility index (Phi) is 4.60. The molecule has 2 aromatic heterocycles. The van der Waals surface area contributed by atoms with Crippen LogP contribution in [0.3, 0.4) is 0 Å². The predicted molar refractivity (Wildman–Crippen MR) is 70.5 cm³/mol. The summed E-state index contributed by atoms with van der Waals surface area (Å²) in [6.45, 7) is 0.146. The fourth-order valence-electron chi connectivity index (χ4n) is 1.33. The van der Waals surface area contributed by atoms with Crippen molar-refractivity contribution in [3.63, 3.8) is 0 Å². The van der Waals surface area contributed by atoms with Gasteiger partial charge in [-0.2, -0.15) is 5.10 Å². The molecule has 0 aliphatic heterocycles. The molecule has 2 heterocycles. The largest absolute Gasteiger partial charge is 0.467 e. The number of hydrazone groups is 1. The van der Waals surface area contributed by atoms with Crippen molar-refractivity contribution in [1.82, 2.24) is 15.7 Å². The fraction of sp³-hybridized carbons (Fsp3) is 0.0769. The lowest BCUT2D eigenvalue weighted by atomic mass is 10.3. The van der Waals surface area contributed by atoms with E-state index < -0.39 is 11.8 Å². The Hall–Kier alpha value is -2.96. The quantitative estimate of drug-likeness (QED) is 0.479. The molecule has 20 heavy (non-hydrogen) atoms. The van der Waals surface area contributed by atoms with Crippen LogP contribution in [0.25, 0.3) is 0 Å². The summed E-state index contributed by atoms with van der Waals surface area (Å²) in [6, 6.07) is 6.82. The van der Waals surface area contributed by atoms with Gasteiger partial charge in [0.25, 0.3) is 0 Å². The van der Waals surface area contributed by atoms with Crippen LogP contribution < -0.4 is 10.7 Å². The first kappa shape index (κ1) is 13.5. The van der Waals surface area contributed by atoms with Gasteiger partial charge in [-0.3, -0.25) is 14.6 Å². The molecule has 0 aliphatic carbocycles. The zero-order valence-electron chi connectivity index (χ0n) is 10.4. The van der Waals surface area contributed by atoms with Crippen molar-refractivity contribution in [2.24, 2.45) is 5.10 Å². The van der Waals surface area contributed by atoms with Gasteiger partial charge in [0.15, 0.2) is 0 Å². The molecule has 2 aromatic rings. The first-order chi connectivity index (χ1) is 9.75. The lowest BCUT2D eigenvalue weighted by Gasteiger charge is -2.01. The molecule has 0 aliphatic rings. The van der Waals surface area contributed by atoms with Crippen LogP contribution in [0.1, 0.15) is 11.3 Å². The molecule has 0 spiro atoms. The van der Waals surface area contributed by atoms with E-state index in [1.54, 1.807) is 36.7 Å². The monoisotopic (exact) mass is 272 g/mol. The van der Waals surface area contributed by atoms with E-state index in [2.05, 4.69) is 20.8 Å². The number of hydrogen-bond acceptors (Lipinski definition) is 5. The van der Waals surface area contributed by atoms with E-state index in [1.807, 2.05) is 0 Å². The average Bonchev–Trinajstić information content (AvgIpc) is 2.99. The summed E-state index contributed by atoms with van der Waals surface area (Å²) < 4.78 is 5.02. The Labute approximate surface area is 114 Å². The molecule has 2 rings (SSSR count). The van der Waals surface area contributed by atoms with E-state index >= 15 is 0 Å². The molecule has 0 fully saturated rings. The second-order valence-corrected chi connectivity index (χ2v) is 3.74. The molecule has 2 amide bonds. The number of amides is 2. The molecular weight excluding hydrogens is 260 g/mol. The average molecular weight is 272 g/mol. The highest BCUT2D eigenvalue weighted by Gasteiger charge is 2.12. The van der Waals surface area contributed by atoms with Gasteiger partial charge in [-0.15, -0.1) is 0 Å². The lowest BCUT2D eigenvalue weighted by Crippen LogP contribution is -2.37. The molecule has 0 saturated carbocycles. The highest BCUT2D eigenvalue weighted by Crippen LogP contribution is 1.98. The number of rotatable bonds is 4. The van der Waals surface area contributed by atoms with Crippen LogP contribution in [0, 0.1) is 0 Å². The van der Waals surface area contributed by atoms with Crippen LogP contribution >= 0.6 is 0 Å². The van der Waals surface area contributed by atoms with E-state index in [0.717, 1.165) is 5.56 Å². The maximum absolute atomic E-state index is 11.4. The van der Waals surface area contributed by atoms with E-state index in [0.29, 0.717) is 5.76 Å². The van der Waals surface area contributed by atoms with Crippen LogP contribution in [0.2, 0.25) is 0 Å². The number of pyridine rings is 1. The predicted octanol–water partition coefficient (Wildman–Crippen LogP) is 0.441. The van der Waals surface area contributed by atoms with E-state index in [4.69, 9.17) is 4.42 Å². The molecule has 0 unspecified atom stereocenters. The molecule has 2 N–H and O–H groups in total. The summed E-state index contributed by atoms with van der Waals surface area (Å²) >= 11 is 0. The summed E-state index contributed by atoms with van der Waals surface area (Å²) in [5.41, 5.74) is 2.89. The number of carbonyl (C=O) groups is 2. The van der Waals surface area contributed by atoms with Crippen molar-refractivity contribution >= 4 is 18.0 Å². The first-order valence-electron chi connectivity index (χ1n) is 5.79. The summed E-state index contributed by atoms with van der Waals surface area (Å²) in [6.07, 6.45) is 6.10. The van der Waals surface area contributed by atoms with Gasteiger partial charge < -0.3 is 9.73 Å². The molecule has 7 heteroatoms. The number of carbonyl (C=O) groups excluding carboxylic acids is 2. The summed E-state index contributed by atoms with van der Waals surface area (Å²) in [4.78, 5) is 26.7. The highest BCUT2D eigenvalue weighted by atomic mass is 16.3. The molecule has 0 radical (unpaired) electrons. The van der Waals surface area contributed by atoms with Gasteiger partial charge in [0.1, 0.15) is 5.76 Å². The Morgan fingerprint density at radius 3 is 2.75 bits per heavy atom. The van der Waals surface area contributed by atoms with Crippen molar-refractivity contribution in [2.45, 2.75) is 6.54 Å². The third-order valence-corrected chi connectivity index (χ3v) is 2.30. The molecule has 0 saturated heterocycles. The first-order valence-corrected chi connectivity index (χ1v) is 5.79. The molecule has 0 bridgehead atoms. The van der Waals surface area contributed by atoms with Crippen LogP contribution in [0.4, 0.5) is 0 Å². The minimum atomic E-state index is -0.845. The van der Waals surface area contributed by atoms with Crippen LogP contribution in [-0.2, 0) is 16.1 Å². The molecule has 102 valence electrons. The summed E-state index contributed by atoms with van der Waals surface area (Å²) in [5.74, 6) is -1.07. The van der Waals surface area contributed by atoms with Crippen LogP contribution in [0.5, 0.6) is 0 Å². The van der Waals surface area contributed by atoms with Gasteiger partial charge in [-0.05, 0) is 29.8 Å². The van der Waals surface area contributed by atoms with Gasteiger partial charge in [-0.25, -0.2) is 5.43 Å². The maximum Gasteiger partial charge on any atom is 0.329 e. The Bertz CT molecular complexity index is 593. The standard InChI is InChI=1S/C13H12N4O3/c18-12(15-9-11-2-1-7-20-11)13(19)17-16-8-10-3-5-14-6-4-10/h1-8H,9H2,(H,15,18)(H,17,19)/b16-8-. The summed E-state index contributed by atoms with van der Waals surface area (Å²) in [5, 5.41) is 6.08. The van der Waals surface area contributed by atoms with Crippen molar-refractivity contribution in [2.75, 3.05) is 0 Å². The second-order valence-electron chi connectivity index (χ2n) is 3.74. The van der Waals surface area contributed by atoms with Crippen LogP contribution in [-0.4, -0.2) is 23.0 Å². The third kappa shape index (κ3) is 4.05. The van der Waals surface area contributed by atoms with Gasteiger partial charge in [0, 0.05) is 12.4 Å². The number of furan rings is 1. The van der Waals surface area contributed by atoms with Crippen molar-refractivity contribution < 1.29 is 14.0 Å². The number of aromatic nitrogens is 1. The lowest BCUT2D eigenvalue weighted by molar-refractivity contribution is -0.139. The summed E-state index contributed by atoms with van der Waals surface area (Å²) in [7, 11) is 0. The topological polar surface area (TPSA) is 96.6 Å². The van der Waals surface area contributed by atoms with E-state index in [-0.39, 0.29) is 6.54 Å². The van der Waals surface area contributed by atoms with Gasteiger partial charge in [-0.1, -0.05) is 0 Å². The third-order valence-electron chi connectivity index (χ3n) is 2.30. The van der Waals surface area contributed by atoms with Gasteiger partial charge in [0.2, 0.25) is 0 Å². The second kappa shape index (κ2) is 6.83. The number of nitrogens with zero attached hydrogens (tertiary/aromatic N) is 2. The Balaban J connectivity index is 1.76. The SMILES string of the molecule is O=C(NCc1ccco1)C(=O)N/N=C\c1ccncc1. The normalized spacial score (nSPS) is 10.4. The molecule has 0 atom stereocenters. The molecule has 7 nitrogen and oxygen atoms in total. The van der Waals surface area contributed by atoms with Crippen LogP contribution in [0.15, 0.2) is 52.4 Å². The number of hydrogen-bond donors (Lipinski definition) is 2. The van der Waals surface area contributed by atoms with E-state index in [9.17, 15) is 9.59 Å². The number of nitrogens with one attached hydrogen (secondary N) is 2. The van der Waals surface area contributed by atoms with Crippen molar-refractivity contribution in [1.29, 1.82) is 0 Å². The molecule has 0 aromatic carbocycles. The van der Waals surface area contributed by atoms with E-state index in [1.165, 1.54) is 12.5 Å². The highest BCUT2D eigenvalue weighted by molar-refractivity contribution is 6.35. The molecular formula is C13H12N4O3. The zero-order valence-corrected chi connectivity index (χ0v) is 10.4. The minimum absolute atomic E-state index is 0.146. The maximum atomic E-state index is 11.4. The fourth-order valence-corrected chi connectivity index (χ4v) is 1.33. The van der Waals surface area contributed by atoms with Crippen molar-refractivity contribution in [3.8, 4) is 0 Å². The zero-order chi connectivity index (χ0) is 14.2. The van der Waals surface area contributed by atoms with Gasteiger partial charge >= 0.3 is 11.8 Å². The Morgan fingerprint density at radius 1 is 1.25 bits per heavy atom.